The molecule has 0 aromatic heterocycles. The lowest BCUT2D eigenvalue weighted by Gasteiger charge is -2.00. The van der Waals surface area contributed by atoms with E-state index in [9.17, 15) is 9.59 Å². The molecule has 0 spiro atoms. The maximum Gasteiger partial charge on any atom is 0.303 e. The smallest absolute Gasteiger partial charge is 0.303 e. The van der Waals surface area contributed by atoms with Crippen LogP contribution >= 0.6 is 0 Å². The van der Waals surface area contributed by atoms with Crippen molar-refractivity contribution in [3.8, 4) is 0 Å². The Morgan fingerprint density at radius 1 is 1.06 bits per heavy atom. The van der Waals surface area contributed by atoms with E-state index in [-0.39, 0.29) is 37.8 Å². The molecule has 16 heavy (non-hydrogen) atoms. The number of carboxylic acids is 2. The first-order valence-corrected chi connectivity index (χ1v) is 4.86. The molecule has 0 amide bonds. The molecule has 0 fully saturated rings. The van der Waals surface area contributed by atoms with Gasteiger partial charge in [0.15, 0.2) is 0 Å². The normalized spacial score (nSPS) is 11.1. The fourth-order valence-electron chi connectivity index (χ4n) is 0.968. The van der Waals surface area contributed by atoms with Crippen molar-refractivity contribution in [2.75, 3.05) is 0 Å². The quantitative estimate of drug-likeness (QED) is 0.461. The van der Waals surface area contributed by atoms with Crippen LogP contribution in [0.5, 0.6) is 0 Å². The monoisotopic (exact) mass is 228 g/mol. The summed E-state index contributed by atoms with van der Waals surface area (Å²) in [6.45, 7) is 0. The van der Waals surface area contributed by atoms with Gasteiger partial charge >= 0.3 is 11.9 Å². The van der Waals surface area contributed by atoms with Crippen LogP contribution in [0.15, 0.2) is 11.8 Å². The van der Waals surface area contributed by atoms with E-state index in [0.717, 1.165) is 0 Å². The third kappa shape index (κ3) is 8.74. The summed E-state index contributed by atoms with van der Waals surface area (Å²) in [7, 11) is 0. The summed E-state index contributed by atoms with van der Waals surface area (Å²) >= 11 is 0. The first-order chi connectivity index (χ1) is 7.41. The molecule has 6 nitrogen and oxygen atoms in total. The molecular weight excluding hydrogens is 212 g/mol. The molecule has 0 radical (unpaired) electrons. The van der Waals surface area contributed by atoms with Crippen LogP contribution in [0, 0.1) is 5.41 Å². The summed E-state index contributed by atoms with van der Waals surface area (Å²) < 4.78 is 0. The molecule has 0 aromatic carbocycles. The van der Waals surface area contributed by atoms with Gasteiger partial charge in [-0.25, -0.2) is 0 Å². The van der Waals surface area contributed by atoms with Crippen molar-refractivity contribution in [1.29, 1.82) is 5.41 Å². The van der Waals surface area contributed by atoms with Crippen molar-refractivity contribution >= 4 is 17.7 Å². The molecule has 0 aliphatic heterocycles. The Morgan fingerprint density at radius 2 is 1.56 bits per heavy atom. The average Bonchev–Trinajstić information content (AvgIpc) is 2.20. The molecule has 0 aliphatic rings. The van der Waals surface area contributed by atoms with E-state index >= 15 is 0 Å². The van der Waals surface area contributed by atoms with Gasteiger partial charge < -0.3 is 21.4 Å². The van der Waals surface area contributed by atoms with Crippen molar-refractivity contribution in [1.82, 2.24) is 0 Å². The van der Waals surface area contributed by atoms with Crippen molar-refractivity contribution in [2.24, 2.45) is 5.73 Å². The van der Waals surface area contributed by atoms with E-state index < -0.39 is 11.9 Å². The molecule has 0 bridgehead atoms. The summed E-state index contributed by atoms with van der Waals surface area (Å²) in [5, 5.41) is 24.2. The first-order valence-electron chi connectivity index (χ1n) is 4.86. The summed E-state index contributed by atoms with van der Waals surface area (Å²) in [5.74, 6) is -1.86. The van der Waals surface area contributed by atoms with Crippen LogP contribution in [0.4, 0.5) is 0 Å². The fraction of sp³-hybridized carbons (Fsp3) is 0.500. The number of nitrogens with two attached hydrogens (primary N) is 1. The van der Waals surface area contributed by atoms with E-state index in [0.29, 0.717) is 5.70 Å². The van der Waals surface area contributed by atoms with Crippen molar-refractivity contribution in [2.45, 2.75) is 32.1 Å². The number of carboxylic acid groups (broad SMARTS) is 2. The Bertz CT molecular complexity index is 310. The van der Waals surface area contributed by atoms with Crippen LogP contribution in [0.2, 0.25) is 0 Å². The van der Waals surface area contributed by atoms with E-state index in [1.54, 1.807) is 6.08 Å². The van der Waals surface area contributed by atoms with Crippen LogP contribution < -0.4 is 5.73 Å². The van der Waals surface area contributed by atoms with Crippen LogP contribution in [0.1, 0.15) is 32.1 Å². The molecule has 0 aliphatic carbocycles. The maximum atomic E-state index is 10.2. The predicted octanol–water partition coefficient (Wildman–Crippen LogP) is 0.968. The first kappa shape index (κ1) is 14.2. The van der Waals surface area contributed by atoms with Gasteiger partial charge in [0, 0.05) is 17.8 Å². The van der Waals surface area contributed by atoms with Gasteiger partial charge in [-0.2, -0.15) is 0 Å². The highest BCUT2D eigenvalue weighted by molar-refractivity contribution is 5.85. The number of hydrogen-bond donors (Lipinski definition) is 4. The molecule has 0 heterocycles. The average molecular weight is 228 g/mol. The lowest BCUT2D eigenvalue weighted by atomic mass is 10.1. The molecule has 0 rings (SSSR count). The molecule has 0 unspecified atom stereocenters. The Balaban J connectivity index is 3.83. The molecule has 0 aromatic rings. The molecule has 90 valence electrons. The van der Waals surface area contributed by atoms with Crippen molar-refractivity contribution in [3.63, 3.8) is 0 Å². The minimum absolute atomic E-state index is 0.0369. The SMILES string of the molecule is N=C(C/C=C(/N)CCC(=O)O)CCC(=O)O. The number of rotatable bonds is 8. The molecule has 0 atom stereocenters. The summed E-state index contributed by atoms with van der Waals surface area (Å²) in [6, 6.07) is 0. The molecule has 0 saturated carbocycles. The lowest BCUT2D eigenvalue weighted by Crippen LogP contribution is -2.05. The van der Waals surface area contributed by atoms with Crippen LogP contribution in [0.3, 0.4) is 0 Å². The highest BCUT2D eigenvalue weighted by atomic mass is 16.4. The number of aliphatic carboxylic acids is 2. The molecule has 6 heteroatoms. The number of nitrogens with one attached hydrogen (secondary N) is 1. The molecule has 5 N–H and O–H groups in total. The zero-order valence-corrected chi connectivity index (χ0v) is 8.90. The number of carbonyl (C=O) groups is 2. The van der Waals surface area contributed by atoms with Crippen LogP contribution in [-0.2, 0) is 9.59 Å². The van der Waals surface area contributed by atoms with Gasteiger partial charge in [0.05, 0.1) is 12.8 Å². The second-order valence-electron chi connectivity index (χ2n) is 3.37. The second-order valence-corrected chi connectivity index (χ2v) is 3.37. The van der Waals surface area contributed by atoms with Crippen LogP contribution in [-0.4, -0.2) is 27.9 Å². The second kappa shape index (κ2) is 7.44. The number of hydrogen-bond acceptors (Lipinski definition) is 4. The third-order valence-corrected chi connectivity index (χ3v) is 1.88. The van der Waals surface area contributed by atoms with Crippen molar-refractivity contribution < 1.29 is 19.8 Å². The van der Waals surface area contributed by atoms with Gasteiger partial charge in [-0.1, -0.05) is 6.08 Å². The Kier molecular flexibility index (Phi) is 6.58. The number of allylic oxidation sites excluding steroid dienone is 2. The van der Waals surface area contributed by atoms with E-state index in [1.807, 2.05) is 0 Å². The molecule has 0 saturated heterocycles. The maximum absolute atomic E-state index is 10.2. The summed E-state index contributed by atoms with van der Waals surface area (Å²) in [4.78, 5) is 20.4. The topological polar surface area (TPSA) is 124 Å². The Hall–Kier alpha value is -1.85. The minimum Gasteiger partial charge on any atom is -0.481 e. The van der Waals surface area contributed by atoms with E-state index in [2.05, 4.69) is 0 Å². The Labute approximate surface area is 93.3 Å². The van der Waals surface area contributed by atoms with Gasteiger partial charge in [-0.15, -0.1) is 0 Å². The standard InChI is InChI=1S/C10H16N2O4/c11-7(3-5-9(13)14)1-2-8(12)4-6-10(15)16/h1,12H,2-6,11H2,(H,13,14)(H,15,16)/b7-1+,12-8?. The largest absolute Gasteiger partial charge is 0.481 e. The lowest BCUT2D eigenvalue weighted by molar-refractivity contribution is -0.137. The van der Waals surface area contributed by atoms with Crippen LogP contribution in [0.25, 0.3) is 0 Å². The highest BCUT2D eigenvalue weighted by Crippen LogP contribution is 2.03. The van der Waals surface area contributed by atoms with Gasteiger partial charge in [0.1, 0.15) is 0 Å². The van der Waals surface area contributed by atoms with Gasteiger partial charge in [0.25, 0.3) is 0 Å². The zero-order valence-electron chi connectivity index (χ0n) is 8.90. The Morgan fingerprint density at radius 3 is 2.06 bits per heavy atom. The van der Waals surface area contributed by atoms with Gasteiger partial charge in [-0.05, 0) is 12.8 Å². The summed E-state index contributed by atoms with van der Waals surface area (Å²) in [5.41, 5.74) is 6.21. The zero-order chi connectivity index (χ0) is 12.6. The van der Waals surface area contributed by atoms with Gasteiger partial charge in [0.2, 0.25) is 0 Å². The van der Waals surface area contributed by atoms with Crippen molar-refractivity contribution in [3.05, 3.63) is 11.8 Å². The summed E-state index contributed by atoms with van der Waals surface area (Å²) in [6.07, 6.45) is 2.18. The van der Waals surface area contributed by atoms with E-state index in [4.69, 9.17) is 21.4 Å². The molecular formula is C10H16N2O4. The predicted molar refractivity (Wildman–Crippen MR) is 58.4 cm³/mol. The highest BCUT2D eigenvalue weighted by Gasteiger charge is 2.02. The fourth-order valence-corrected chi connectivity index (χ4v) is 0.968. The third-order valence-electron chi connectivity index (χ3n) is 1.88. The minimum atomic E-state index is -0.937. The van der Waals surface area contributed by atoms with Gasteiger partial charge in [-0.3, -0.25) is 9.59 Å². The van der Waals surface area contributed by atoms with E-state index in [1.165, 1.54) is 0 Å².